The Balaban J connectivity index is 1.62. The Hall–Kier alpha value is -1.87. The van der Waals surface area contributed by atoms with Crippen molar-refractivity contribution in [1.82, 2.24) is 25.0 Å². The summed E-state index contributed by atoms with van der Waals surface area (Å²) >= 11 is 1.16. The van der Waals surface area contributed by atoms with E-state index in [1.807, 2.05) is 0 Å². The van der Waals surface area contributed by atoms with Crippen LogP contribution < -0.4 is 5.32 Å². The van der Waals surface area contributed by atoms with Crippen LogP contribution in [0.5, 0.6) is 0 Å². The second kappa shape index (κ2) is 7.17. The minimum Gasteiger partial charge on any atom is -0.368 e. The van der Waals surface area contributed by atoms with Crippen molar-refractivity contribution in [3.63, 3.8) is 0 Å². The number of hydrogen-bond acceptors (Lipinski definition) is 8. The lowest BCUT2D eigenvalue weighted by atomic mass is 9.89. The zero-order valence-electron chi connectivity index (χ0n) is 13.9. The molecule has 4 rings (SSSR count). The molecule has 1 unspecified atom stereocenters. The maximum absolute atomic E-state index is 12.6. The minimum atomic E-state index is -0.614. The van der Waals surface area contributed by atoms with Crippen LogP contribution in [-0.2, 0) is 10.3 Å². The van der Waals surface area contributed by atoms with Crippen LogP contribution in [0, 0.1) is 0 Å². The molecule has 9 heteroatoms. The Morgan fingerprint density at radius 1 is 1.24 bits per heavy atom. The normalized spacial score (nSPS) is 23.3. The zero-order valence-corrected chi connectivity index (χ0v) is 14.8. The number of carbonyl (C=O) groups excluding carboxylic acids is 1. The van der Waals surface area contributed by atoms with E-state index in [1.165, 1.54) is 0 Å². The summed E-state index contributed by atoms with van der Waals surface area (Å²) < 4.78 is 14.9. The molecular formula is C16H21N5O3S. The third kappa shape index (κ3) is 3.43. The van der Waals surface area contributed by atoms with E-state index in [2.05, 4.69) is 25.0 Å². The Morgan fingerprint density at radius 2 is 2.08 bits per heavy atom. The van der Waals surface area contributed by atoms with Gasteiger partial charge >= 0.3 is 0 Å². The largest absolute Gasteiger partial charge is 0.368 e. The van der Waals surface area contributed by atoms with E-state index in [-0.39, 0.29) is 12.0 Å². The van der Waals surface area contributed by atoms with Crippen LogP contribution in [0.3, 0.4) is 0 Å². The molecule has 0 radical (unpaired) electrons. The fourth-order valence-electron chi connectivity index (χ4n) is 3.61. The first kappa shape index (κ1) is 16.6. The molecule has 1 amide bonds. The van der Waals surface area contributed by atoms with Crippen LogP contribution in [0.15, 0.2) is 9.90 Å². The standard InChI is InChI=1S/C16H21N5O3S/c22-13(11-10-25-21-19-11)18-16(7-3-1-2-4-8-16)15-17-14(24-20-15)12-6-5-9-23-12/h10,12H,1-9H2,(H,18,22). The third-order valence-electron chi connectivity index (χ3n) is 4.98. The second-order valence-electron chi connectivity index (χ2n) is 6.70. The highest BCUT2D eigenvalue weighted by Gasteiger charge is 2.40. The highest BCUT2D eigenvalue weighted by atomic mass is 32.1. The number of hydrogen-bond donors (Lipinski definition) is 1. The first-order chi connectivity index (χ1) is 12.3. The van der Waals surface area contributed by atoms with Gasteiger partial charge in [0.1, 0.15) is 11.6 Å². The topological polar surface area (TPSA) is 103 Å². The summed E-state index contributed by atoms with van der Waals surface area (Å²) in [5, 5.41) is 12.9. The molecule has 1 saturated carbocycles. The molecule has 1 saturated heterocycles. The molecule has 0 aromatic carbocycles. The molecular weight excluding hydrogens is 342 g/mol. The zero-order chi connectivity index (χ0) is 17.1. The molecule has 1 N–H and O–H groups in total. The Kier molecular flexibility index (Phi) is 4.76. The quantitative estimate of drug-likeness (QED) is 0.833. The van der Waals surface area contributed by atoms with Crippen molar-refractivity contribution >= 4 is 17.4 Å². The number of nitrogens with zero attached hydrogens (tertiary/aromatic N) is 4. The van der Waals surface area contributed by atoms with Crippen molar-refractivity contribution in [2.75, 3.05) is 6.61 Å². The second-order valence-corrected chi connectivity index (χ2v) is 7.31. The van der Waals surface area contributed by atoms with Gasteiger partial charge < -0.3 is 14.6 Å². The van der Waals surface area contributed by atoms with Gasteiger partial charge in [-0.1, -0.05) is 35.3 Å². The van der Waals surface area contributed by atoms with Gasteiger partial charge in [-0.15, -0.1) is 5.10 Å². The lowest BCUT2D eigenvalue weighted by Gasteiger charge is -2.30. The van der Waals surface area contributed by atoms with Crippen molar-refractivity contribution in [2.45, 2.75) is 63.0 Å². The van der Waals surface area contributed by atoms with E-state index in [0.717, 1.165) is 69.5 Å². The van der Waals surface area contributed by atoms with Gasteiger partial charge in [-0.25, -0.2) is 0 Å². The Labute approximate surface area is 149 Å². The van der Waals surface area contributed by atoms with E-state index >= 15 is 0 Å². The van der Waals surface area contributed by atoms with Gasteiger partial charge in [-0.2, -0.15) is 4.98 Å². The molecule has 25 heavy (non-hydrogen) atoms. The number of ether oxygens (including phenoxy) is 1. The highest BCUT2D eigenvalue weighted by Crippen LogP contribution is 2.36. The van der Waals surface area contributed by atoms with Crippen molar-refractivity contribution in [3.8, 4) is 0 Å². The molecule has 2 aliphatic rings. The van der Waals surface area contributed by atoms with Crippen molar-refractivity contribution in [2.24, 2.45) is 0 Å². The molecule has 0 spiro atoms. The fourth-order valence-corrected chi connectivity index (χ4v) is 4.05. The van der Waals surface area contributed by atoms with Crippen molar-refractivity contribution in [1.29, 1.82) is 0 Å². The van der Waals surface area contributed by atoms with E-state index < -0.39 is 5.54 Å². The summed E-state index contributed by atoms with van der Waals surface area (Å²) in [7, 11) is 0. The molecule has 2 aromatic heterocycles. The van der Waals surface area contributed by atoms with Gasteiger partial charge in [0.15, 0.2) is 11.5 Å². The fraction of sp³-hybridized carbons (Fsp3) is 0.688. The van der Waals surface area contributed by atoms with E-state index in [9.17, 15) is 4.79 Å². The Morgan fingerprint density at radius 3 is 2.76 bits per heavy atom. The minimum absolute atomic E-state index is 0.123. The predicted octanol–water partition coefficient (Wildman–Crippen LogP) is 2.75. The first-order valence-electron chi connectivity index (χ1n) is 8.82. The summed E-state index contributed by atoms with van der Waals surface area (Å²) in [4.78, 5) is 17.2. The van der Waals surface area contributed by atoms with E-state index in [0.29, 0.717) is 17.4 Å². The monoisotopic (exact) mass is 363 g/mol. The molecule has 0 bridgehead atoms. The third-order valence-corrected chi connectivity index (χ3v) is 5.48. The van der Waals surface area contributed by atoms with Gasteiger partial charge in [0.25, 0.3) is 11.8 Å². The number of rotatable bonds is 4. The van der Waals surface area contributed by atoms with E-state index in [1.54, 1.807) is 5.38 Å². The van der Waals surface area contributed by atoms with Gasteiger partial charge in [0.2, 0.25) is 0 Å². The molecule has 1 aliphatic heterocycles. The predicted molar refractivity (Wildman–Crippen MR) is 89.0 cm³/mol. The van der Waals surface area contributed by atoms with Crippen LogP contribution in [-0.4, -0.2) is 32.2 Å². The van der Waals surface area contributed by atoms with Gasteiger partial charge in [0, 0.05) is 12.0 Å². The molecule has 8 nitrogen and oxygen atoms in total. The molecule has 1 aliphatic carbocycles. The summed E-state index contributed by atoms with van der Waals surface area (Å²) in [5.41, 5.74) is -0.283. The van der Waals surface area contributed by atoms with Gasteiger partial charge in [0.05, 0.1) is 0 Å². The van der Waals surface area contributed by atoms with Crippen LogP contribution in [0.4, 0.5) is 0 Å². The number of aromatic nitrogens is 4. The van der Waals surface area contributed by atoms with Crippen LogP contribution >= 0.6 is 11.5 Å². The highest BCUT2D eigenvalue weighted by molar-refractivity contribution is 7.03. The van der Waals surface area contributed by atoms with Crippen LogP contribution in [0.25, 0.3) is 0 Å². The van der Waals surface area contributed by atoms with E-state index in [4.69, 9.17) is 9.26 Å². The van der Waals surface area contributed by atoms with Crippen molar-refractivity contribution < 1.29 is 14.1 Å². The average Bonchev–Trinajstić information content (AvgIpc) is 3.36. The van der Waals surface area contributed by atoms with Gasteiger partial charge in [-0.3, -0.25) is 4.79 Å². The van der Waals surface area contributed by atoms with Crippen LogP contribution in [0.2, 0.25) is 0 Å². The molecule has 134 valence electrons. The maximum atomic E-state index is 12.6. The summed E-state index contributed by atoms with van der Waals surface area (Å²) in [6.07, 6.45) is 7.67. The van der Waals surface area contributed by atoms with Crippen molar-refractivity contribution in [3.05, 3.63) is 22.8 Å². The number of amides is 1. The molecule has 1 atom stereocenters. The lowest BCUT2D eigenvalue weighted by Crippen LogP contribution is -2.46. The van der Waals surface area contributed by atoms with Gasteiger partial charge in [-0.05, 0) is 37.2 Å². The average molecular weight is 363 g/mol. The Bertz CT molecular complexity index is 703. The molecule has 3 heterocycles. The first-order valence-corrected chi connectivity index (χ1v) is 9.66. The van der Waals surface area contributed by atoms with Crippen LogP contribution in [0.1, 0.15) is 79.7 Å². The SMILES string of the molecule is O=C(NC1(c2noc(C3CCCO3)n2)CCCCCC1)c1csnn1. The maximum Gasteiger partial charge on any atom is 0.273 e. The lowest BCUT2D eigenvalue weighted by molar-refractivity contribution is 0.0833. The number of carbonyl (C=O) groups is 1. The molecule has 2 fully saturated rings. The summed E-state index contributed by atoms with van der Waals surface area (Å²) in [6.45, 7) is 0.723. The number of nitrogens with one attached hydrogen (secondary N) is 1. The molecule has 2 aromatic rings. The summed E-state index contributed by atoms with van der Waals surface area (Å²) in [5.74, 6) is 0.830. The summed E-state index contributed by atoms with van der Waals surface area (Å²) in [6, 6.07) is 0. The smallest absolute Gasteiger partial charge is 0.273 e.